The summed E-state index contributed by atoms with van der Waals surface area (Å²) in [7, 11) is 0. The Morgan fingerprint density at radius 2 is 1.58 bits per heavy atom. The van der Waals surface area contributed by atoms with Crippen molar-refractivity contribution in [3.8, 4) is 0 Å². The van der Waals surface area contributed by atoms with Crippen molar-refractivity contribution in [1.29, 1.82) is 0 Å². The third kappa shape index (κ3) is 4.09. The first-order valence-corrected chi connectivity index (χ1v) is 8.89. The topological polar surface area (TPSA) is 35.5 Å². The number of nitrogens with zero attached hydrogens (tertiary/aromatic N) is 1. The van der Waals surface area contributed by atoms with E-state index in [-0.39, 0.29) is 12.1 Å². The molecule has 1 atom stereocenters. The minimum absolute atomic E-state index is 0.123. The fourth-order valence-electron chi connectivity index (χ4n) is 3.49. The van der Waals surface area contributed by atoms with Crippen LogP contribution in [-0.4, -0.2) is 24.3 Å². The molecule has 0 spiro atoms. The normalized spacial score (nSPS) is 16.9. The monoisotopic (exact) mass is 324 g/mol. The molecule has 2 aromatic rings. The first-order chi connectivity index (χ1) is 11.5. The molecular formula is C21H28N2O. The van der Waals surface area contributed by atoms with Gasteiger partial charge < -0.3 is 15.3 Å². The summed E-state index contributed by atoms with van der Waals surface area (Å²) in [6.45, 7) is 8.35. The summed E-state index contributed by atoms with van der Waals surface area (Å²) in [5.74, 6) is 0. The summed E-state index contributed by atoms with van der Waals surface area (Å²) in [6.07, 6.45) is 1.61. The lowest BCUT2D eigenvalue weighted by Crippen LogP contribution is -2.35. The van der Waals surface area contributed by atoms with Gasteiger partial charge in [0.2, 0.25) is 0 Å². The number of hydrogen-bond acceptors (Lipinski definition) is 3. The molecule has 0 aromatic heterocycles. The fraction of sp³-hybridized carbons (Fsp3) is 0.429. The predicted molar refractivity (Wildman–Crippen MR) is 102 cm³/mol. The smallest absolute Gasteiger partial charge is 0.0574 e. The molecule has 2 N–H and O–H groups in total. The highest BCUT2D eigenvalue weighted by Gasteiger charge is 2.17. The van der Waals surface area contributed by atoms with E-state index in [2.05, 4.69) is 73.5 Å². The van der Waals surface area contributed by atoms with Gasteiger partial charge in [0.1, 0.15) is 0 Å². The van der Waals surface area contributed by atoms with Crippen LogP contribution in [0, 0.1) is 13.8 Å². The lowest BCUT2D eigenvalue weighted by molar-refractivity contribution is 0.145. The van der Waals surface area contributed by atoms with Crippen molar-refractivity contribution in [3.63, 3.8) is 0 Å². The van der Waals surface area contributed by atoms with E-state index in [1.165, 1.54) is 28.1 Å². The molecule has 24 heavy (non-hydrogen) atoms. The first-order valence-electron chi connectivity index (χ1n) is 8.89. The molecule has 1 aliphatic heterocycles. The van der Waals surface area contributed by atoms with Crippen LogP contribution in [-0.2, 0) is 0 Å². The highest BCUT2D eigenvalue weighted by atomic mass is 16.3. The van der Waals surface area contributed by atoms with Crippen LogP contribution in [0.5, 0.6) is 0 Å². The van der Waals surface area contributed by atoms with Crippen molar-refractivity contribution in [1.82, 2.24) is 0 Å². The minimum Gasteiger partial charge on any atom is -0.393 e. The van der Waals surface area contributed by atoms with E-state index in [0.29, 0.717) is 0 Å². The Bertz CT molecular complexity index is 652. The summed E-state index contributed by atoms with van der Waals surface area (Å²) in [6, 6.07) is 15.7. The second-order valence-corrected chi connectivity index (χ2v) is 7.05. The molecule has 0 radical (unpaired) electrons. The highest BCUT2D eigenvalue weighted by molar-refractivity contribution is 5.52. The van der Waals surface area contributed by atoms with Gasteiger partial charge in [-0.15, -0.1) is 0 Å². The summed E-state index contributed by atoms with van der Waals surface area (Å²) in [5, 5.41) is 13.2. The number of aliphatic hydroxyl groups excluding tert-OH is 1. The largest absolute Gasteiger partial charge is 0.393 e. The van der Waals surface area contributed by atoms with Crippen molar-refractivity contribution in [2.75, 3.05) is 23.3 Å². The maximum atomic E-state index is 9.63. The Labute approximate surface area is 145 Å². The number of aliphatic hydroxyl groups is 1. The zero-order chi connectivity index (χ0) is 17.1. The van der Waals surface area contributed by atoms with Gasteiger partial charge in [-0.25, -0.2) is 0 Å². The number of hydrogen-bond donors (Lipinski definition) is 2. The van der Waals surface area contributed by atoms with Gasteiger partial charge in [-0.05, 0) is 74.6 Å². The Balaban J connectivity index is 1.66. The maximum absolute atomic E-state index is 9.63. The zero-order valence-corrected chi connectivity index (χ0v) is 14.9. The Morgan fingerprint density at radius 1 is 1.00 bits per heavy atom. The van der Waals surface area contributed by atoms with Crippen LogP contribution in [0.1, 0.15) is 42.5 Å². The maximum Gasteiger partial charge on any atom is 0.0574 e. The molecule has 0 amide bonds. The predicted octanol–water partition coefficient (Wildman–Crippen LogP) is 4.44. The van der Waals surface area contributed by atoms with Crippen molar-refractivity contribution >= 4 is 11.4 Å². The number of anilines is 2. The van der Waals surface area contributed by atoms with E-state index in [4.69, 9.17) is 0 Å². The van der Waals surface area contributed by atoms with Gasteiger partial charge in [-0.3, -0.25) is 0 Å². The molecular weight excluding hydrogens is 296 g/mol. The third-order valence-electron chi connectivity index (χ3n) is 4.83. The van der Waals surface area contributed by atoms with Gasteiger partial charge in [-0.2, -0.15) is 0 Å². The van der Waals surface area contributed by atoms with Gasteiger partial charge in [0.15, 0.2) is 0 Å². The minimum atomic E-state index is -0.123. The number of aryl methyl sites for hydroxylation is 2. The lowest BCUT2D eigenvalue weighted by atomic mass is 10.0. The molecule has 1 unspecified atom stereocenters. The molecule has 1 fully saturated rings. The number of piperidine rings is 1. The summed E-state index contributed by atoms with van der Waals surface area (Å²) >= 11 is 0. The van der Waals surface area contributed by atoms with Crippen LogP contribution >= 0.6 is 0 Å². The second kappa shape index (κ2) is 7.27. The van der Waals surface area contributed by atoms with E-state index < -0.39 is 0 Å². The zero-order valence-electron chi connectivity index (χ0n) is 14.9. The van der Waals surface area contributed by atoms with Gasteiger partial charge >= 0.3 is 0 Å². The standard InChI is InChI=1S/C21H28N2O/c1-15-12-16(2)14-19(13-15)22-17(3)18-4-6-20(7-5-18)23-10-8-21(24)9-11-23/h4-7,12-14,17,21-22,24H,8-11H2,1-3H3. The van der Waals surface area contributed by atoms with Gasteiger partial charge in [0.25, 0.3) is 0 Å². The SMILES string of the molecule is Cc1cc(C)cc(NC(C)c2ccc(N3CCC(O)CC3)cc2)c1. The van der Waals surface area contributed by atoms with Crippen LogP contribution in [0.25, 0.3) is 0 Å². The molecule has 2 aromatic carbocycles. The lowest BCUT2D eigenvalue weighted by Gasteiger charge is -2.31. The Hall–Kier alpha value is -2.00. The van der Waals surface area contributed by atoms with E-state index in [1.807, 2.05) is 0 Å². The Kier molecular flexibility index (Phi) is 5.10. The van der Waals surface area contributed by atoms with Crippen molar-refractivity contribution in [2.45, 2.75) is 45.8 Å². The highest BCUT2D eigenvalue weighted by Crippen LogP contribution is 2.25. The molecule has 1 saturated heterocycles. The molecule has 1 heterocycles. The van der Waals surface area contributed by atoms with E-state index >= 15 is 0 Å². The second-order valence-electron chi connectivity index (χ2n) is 7.05. The van der Waals surface area contributed by atoms with Crippen LogP contribution in [0.3, 0.4) is 0 Å². The van der Waals surface area contributed by atoms with E-state index in [0.717, 1.165) is 25.9 Å². The van der Waals surface area contributed by atoms with Crippen molar-refractivity contribution < 1.29 is 5.11 Å². The fourth-order valence-corrected chi connectivity index (χ4v) is 3.49. The van der Waals surface area contributed by atoms with Crippen LogP contribution in [0.15, 0.2) is 42.5 Å². The van der Waals surface area contributed by atoms with E-state index in [9.17, 15) is 5.11 Å². The molecule has 3 rings (SSSR count). The summed E-state index contributed by atoms with van der Waals surface area (Å²) in [4.78, 5) is 2.36. The molecule has 128 valence electrons. The van der Waals surface area contributed by atoms with Crippen LogP contribution in [0.2, 0.25) is 0 Å². The molecule has 0 saturated carbocycles. The Morgan fingerprint density at radius 3 is 2.17 bits per heavy atom. The van der Waals surface area contributed by atoms with Gasteiger partial charge in [0.05, 0.1) is 6.10 Å². The van der Waals surface area contributed by atoms with Crippen molar-refractivity contribution in [2.24, 2.45) is 0 Å². The van der Waals surface area contributed by atoms with Crippen molar-refractivity contribution in [3.05, 3.63) is 59.2 Å². The van der Waals surface area contributed by atoms with Crippen LogP contribution in [0.4, 0.5) is 11.4 Å². The average Bonchev–Trinajstić information content (AvgIpc) is 2.55. The number of nitrogens with one attached hydrogen (secondary N) is 1. The van der Waals surface area contributed by atoms with Gasteiger partial charge in [-0.1, -0.05) is 18.2 Å². The quantitative estimate of drug-likeness (QED) is 0.873. The molecule has 3 nitrogen and oxygen atoms in total. The first kappa shape index (κ1) is 16.8. The summed E-state index contributed by atoms with van der Waals surface area (Å²) in [5.41, 5.74) is 6.29. The van der Waals surface area contributed by atoms with Crippen LogP contribution < -0.4 is 10.2 Å². The number of benzene rings is 2. The summed E-state index contributed by atoms with van der Waals surface area (Å²) < 4.78 is 0. The average molecular weight is 324 g/mol. The molecule has 0 bridgehead atoms. The molecule has 0 aliphatic carbocycles. The third-order valence-corrected chi connectivity index (χ3v) is 4.83. The van der Waals surface area contributed by atoms with Gasteiger partial charge in [0, 0.05) is 30.5 Å². The van der Waals surface area contributed by atoms with E-state index in [1.54, 1.807) is 0 Å². The number of rotatable bonds is 4. The molecule has 1 aliphatic rings. The molecule has 3 heteroatoms.